The molecule has 1 heterocycles. The third-order valence-electron chi connectivity index (χ3n) is 2.10. The second-order valence-electron chi connectivity index (χ2n) is 3.21. The molecule has 1 aromatic heterocycles. The van der Waals surface area contributed by atoms with Crippen molar-refractivity contribution >= 4 is 5.69 Å². The Kier molecular flexibility index (Phi) is 2.59. The van der Waals surface area contributed by atoms with Crippen LogP contribution in [0.5, 0.6) is 11.6 Å². The van der Waals surface area contributed by atoms with E-state index >= 15 is 0 Å². The van der Waals surface area contributed by atoms with Gasteiger partial charge in [-0.3, -0.25) is 0 Å². The van der Waals surface area contributed by atoms with Gasteiger partial charge in [0.25, 0.3) is 0 Å². The summed E-state index contributed by atoms with van der Waals surface area (Å²) < 4.78 is 5.01. The van der Waals surface area contributed by atoms with Crippen LogP contribution >= 0.6 is 0 Å². The molecule has 0 spiro atoms. The number of methoxy groups -OCH3 is 1. The minimum atomic E-state index is 0.200. The fraction of sp³-hybridized carbons (Fsp3) is 0.0909. The van der Waals surface area contributed by atoms with Crippen LogP contribution in [0.4, 0.5) is 5.69 Å². The monoisotopic (exact) mass is 217 g/mol. The minimum Gasteiger partial charge on any atom is -0.508 e. The number of phenols is 1. The molecule has 5 nitrogen and oxygen atoms in total. The number of nitrogens with zero attached hydrogens (tertiary/aromatic N) is 2. The van der Waals surface area contributed by atoms with Gasteiger partial charge in [0, 0.05) is 5.56 Å². The second-order valence-corrected chi connectivity index (χ2v) is 3.21. The Morgan fingerprint density at radius 2 is 1.94 bits per heavy atom. The van der Waals surface area contributed by atoms with E-state index in [4.69, 9.17) is 15.6 Å². The molecule has 5 heteroatoms. The third-order valence-corrected chi connectivity index (χ3v) is 2.10. The standard InChI is InChI=1S/C11H11N3O2/c1-16-11-9(12)6-13-10(14-11)7-2-4-8(15)5-3-7/h2-6,15H,12H2,1H3. The van der Waals surface area contributed by atoms with Crippen molar-refractivity contribution in [2.24, 2.45) is 0 Å². The van der Waals surface area contributed by atoms with Gasteiger partial charge in [-0.2, -0.15) is 4.98 Å². The molecule has 0 aliphatic carbocycles. The van der Waals surface area contributed by atoms with Gasteiger partial charge in [0.2, 0.25) is 5.88 Å². The maximum absolute atomic E-state index is 9.16. The van der Waals surface area contributed by atoms with E-state index in [0.717, 1.165) is 5.56 Å². The van der Waals surface area contributed by atoms with Crippen molar-refractivity contribution in [3.8, 4) is 23.0 Å². The van der Waals surface area contributed by atoms with Crippen molar-refractivity contribution in [2.45, 2.75) is 0 Å². The van der Waals surface area contributed by atoms with Gasteiger partial charge in [0.15, 0.2) is 5.82 Å². The van der Waals surface area contributed by atoms with Crippen molar-refractivity contribution < 1.29 is 9.84 Å². The zero-order valence-corrected chi connectivity index (χ0v) is 8.71. The van der Waals surface area contributed by atoms with Gasteiger partial charge in [-0.25, -0.2) is 4.98 Å². The van der Waals surface area contributed by atoms with Gasteiger partial charge < -0.3 is 15.6 Å². The Balaban J connectivity index is 2.44. The molecule has 3 N–H and O–H groups in total. The highest BCUT2D eigenvalue weighted by molar-refractivity contribution is 5.59. The van der Waals surface area contributed by atoms with E-state index in [9.17, 15) is 0 Å². The molecule has 0 aliphatic rings. The number of nitrogen functional groups attached to an aromatic ring is 1. The van der Waals surface area contributed by atoms with E-state index in [-0.39, 0.29) is 5.75 Å². The largest absolute Gasteiger partial charge is 0.508 e. The molecule has 82 valence electrons. The molecule has 1 aromatic carbocycles. The number of aromatic hydroxyl groups is 1. The van der Waals surface area contributed by atoms with Gasteiger partial charge in [0.05, 0.1) is 13.3 Å². The number of hydrogen-bond donors (Lipinski definition) is 2. The highest BCUT2D eigenvalue weighted by atomic mass is 16.5. The first kappa shape index (κ1) is 10.2. The quantitative estimate of drug-likeness (QED) is 0.795. The van der Waals surface area contributed by atoms with Crippen LogP contribution in [-0.2, 0) is 0 Å². The van der Waals surface area contributed by atoms with E-state index < -0.39 is 0 Å². The lowest BCUT2D eigenvalue weighted by Gasteiger charge is -2.05. The van der Waals surface area contributed by atoms with Gasteiger partial charge in [-0.1, -0.05) is 0 Å². The zero-order valence-electron chi connectivity index (χ0n) is 8.71. The van der Waals surface area contributed by atoms with Gasteiger partial charge in [-0.15, -0.1) is 0 Å². The topological polar surface area (TPSA) is 81.3 Å². The zero-order chi connectivity index (χ0) is 11.5. The summed E-state index contributed by atoms with van der Waals surface area (Å²) in [7, 11) is 1.50. The Hall–Kier alpha value is -2.30. The predicted octanol–water partition coefficient (Wildman–Crippen LogP) is 1.44. The average molecular weight is 217 g/mol. The van der Waals surface area contributed by atoms with Crippen molar-refractivity contribution in [3.05, 3.63) is 30.5 Å². The summed E-state index contributed by atoms with van der Waals surface area (Å²) in [5, 5.41) is 9.16. The van der Waals surface area contributed by atoms with Crippen molar-refractivity contribution in [3.63, 3.8) is 0 Å². The molecule has 0 amide bonds. The molecule has 2 rings (SSSR count). The SMILES string of the molecule is COc1nc(-c2ccc(O)cc2)ncc1N. The lowest BCUT2D eigenvalue weighted by molar-refractivity contribution is 0.400. The van der Waals surface area contributed by atoms with Crippen LogP contribution in [0.1, 0.15) is 0 Å². The van der Waals surface area contributed by atoms with Gasteiger partial charge in [-0.05, 0) is 24.3 Å². The molecular formula is C11H11N3O2. The predicted molar refractivity (Wildman–Crippen MR) is 60.1 cm³/mol. The number of ether oxygens (including phenoxy) is 1. The van der Waals surface area contributed by atoms with Crippen LogP contribution in [0.25, 0.3) is 11.4 Å². The summed E-state index contributed by atoms with van der Waals surface area (Å²) in [6.07, 6.45) is 1.49. The van der Waals surface area contributed by atoms with Crippen molar-refractivity contribution in [1.29, 1.82) is 0 Å². The first-order chi connectivity index (χ1) is 7.70. The molecular weight excluding hydrogens is 206 g/mol. The molecule has 0 saturated carbocycles. The molecule has 0 saturated heterocycles. The summed E-state index contributed by atoms with van der Waals surface area (Å²) in [6.45, 7) is 0. The number of nitrogens with two attached hydrogens (primary N) is 1. The van der Waals surface area contributed by atoms with Crippen LogP contribution < -0.4 is 10.5 Å². The molecule has 0 radical (unpaired) electrons. The molecule has 0 atom stereocenters. The summed E-state index contributed by atoms with van der Waals surface area (Å²) in [6, 6.07) is 6.59. The number of rotatable bonds is 2. The van der Waals surface area contributed by atoms with E-state index in [1.165, 1.54) is 13.3 Å². The first-order valence-corrected chi connectivity index (χ1v) is 4.66. The number of anilines is 1. The number of aromatic nitrogens is 2. The molecule has 0 aliphatic heterocycles. The van der Waals surface area contributed by atoms with Crippen LogP contribution in [-0.4, -0.2) is 22.2 Å². The normalized spacial score (nSPS) is 10.1. The van der Waals surface area contributed by atoms with Crippen LogP contribution in [0.3, 0.4) is 0 Å². The Bertz CT molecular complexity index is 497. The van der Waals surface area contributed by atoms with E-state index in [0.29, 0.717) is 17.4 Å². The number of benzene rings is 1. The molecule has 0 bridgehead atoms. The minimum absolute atomic E-state index is 0.200. The average Bonchev–Trinajstić information content (AvgIpc) is 2.31. The molecule has 16 heavy (non-hydrogen) atoms. The molecule has 2 aromatic rings. The maximum Gasteiger partial charge on any atom is 0.240 e. The van der Waals surface area contributed by atoms with Crippen molar-refractivity contribution in [1.82, 2.24) is 9.97 Å². The van der Waals surface area contributed by atoms with Crippen LogP contribution in [0, 0.1) is 0 Å². The Morgan fingerprint density at radius 3 is 2.56 bits per heavy atom. The van der Waals surface area contributed by atoms with Gasteiger partial charge in [0.1, 0.15) is 11.4 Å². The second kappa shape index (κ2) is 4.06. The van der Waals surface area contributed by atoms with Gasteiger partial charge >= 0.3 is 0 Å². The summed E-state index contributed by atoms with van der Waals surface area (Å²) in [5.74, 6) is 1.05. The summed E-state index contributed by atoms with van der Waals surface area (Å²) >= 11 is 0. The Morgan fingerprint density at radius 1 is 1.25 bits per heavy atom. The number of phenolic OH excluding ortho intramolecular Hbond substituents is 1. The maximum atomic E-state index is 9.16. The molecule has 0 fully saturated rings. The third kappa shape index (κ3) is 1.88. The first-order valence-electron chi connectivity index (χ1n) is 4.66. The lowest BCUT2D eigenvalue weighted by Crippen LogP contribution is -1.98. The fourth-order valence-corrected chi connectivity index (χ4v) is 1.29. The smallest absolute Gasteiger partial charge is 0.240 e. The molecule has 0 unspecified atom stereocenters. The highest BCUT2D eigenvalue weighted by Gasteiger charge is 2.06. The summed E-state index contributed by atoms with van der Waals surface area (Å²) in [4.78, 5) is 8.24. The van der Waals surface area contributed by atoms with Crippen LogP contribution in [0.15, 0.2) is 30.5 Å². The number of hydrogen-bond acceptors (Lipinski definition) is 5. The fourth-order valence-electron chi connectivity index (χ4n) is 1.29. The Labute approximate surface area is 92.5 Å². The highest BCUT2D eigenvalue weighted by Crippen LogP contribution is 2.23. The van der Waals surface area contributed by atoms with Crippen molar-refractivity contribution in [2.75, 3.05) is 12.8 Å². The van der Waals surface area contributed by atoms with Crippen LogP contribution in [0.2, 0.25) is 0 Å². The van der Waals surface area contributed by atoms with E-state index in [1.807, 2.05) is 0 Å². The lowest BCUT2D eigenvalue weighted by atomic mass is 10.2. The summed E-state index contributed by atoms with van der Waals surface area (Å²) in [5.41, 5.74) is 6.79. The van der Waals surface area contributed by atoms with E-state index in [2.05, 4.69) is 9.97 Å². The van der Waals surface area contributed by atoms with E-state index in [1.54, 1.807) is 24.3 Å².